The van der Waals surface area contributed by atoms with Crippen LogP contribution >= 0.6 is 0 Å². The van der Waals surface area contributed by atoms with Crippen LogP contribution in [0.3, 0.4) is 0 Å². The molecule has 0 radical (unpaired) electrons. The van der Waals surface area contributed by atoms with Crippen molar-refractivity contribution in [3.8, 4) is 0 Å². The van der Waals surface area contributed by atoms with E-state index >= 15 is 0 Å². The summed E-state index contributed by atoms with van der Waals surface area (Å²) in [5, 5.41) is 0. The summed E-state index contributed by atoms with van der Waals surface area (Å²) in [6, 6.07) is 3.53. The molecule has 108 valence electrons. The minimum atomic E-state index is -0.0899. The lowest BCUT2D eigenvalue weighted by Crippen LogP contribution is -2.16. The van der Waals surface area contributed by atoms with Crippen LogP contribution in [-0.4, -0.2) is 18.7 Å². The van der Waals surface area contributed by atoms with Gasteiger partial charge in [0, 0.05) is 12.0 Å². The molecule has 4 heteroatoms. The van der Waals surface area contributed by atoms with Crippen molar-refractivity contribution in [1.82, 2.24) is 4.98 Å². The molecule has 0 aliphatic heterocycles. The minimum Gasteiger partial charge on any atom is -0.497 e. The molecule has 1 fully saturated rings. The van der Waals surface area contributed by atoms with Crippen LogP contribution in [0, 0.1) is 5.92 Å². The Morgan fingerprint density at radius 1 is 1.30 bits per heavy atom. The molecule has 1 saturated carbocycles. The van der Waals surface area contributed by atoms with Crippen LogP contribution in [0.15, 0.2) is 22.7 Å². The molecule has 1 aromatic heterocycles. The second-order valence-electron chi connectivity index (χ2n) is 5.55. The maximum Gasteiger partial charge on any atom is 0.248 e. The van der Waals surface area contributed by atoms with E-state index in [1.807, 2.05) is 6.07 Å². The van der Waals surface area contributed by atoms with Gasteiger partial charge in [-0.2, -0.15) is 0 Å². The normalized spacial score (nSPS) is 23.1. The molecule has 1 heterocycles. The molecule has 0 saturated heterocycles. The lowest BCUT2D eigenvalue weighted by Gasteiger charge is -2.21. The van der Waals surface area contributed by atoms with E-state index in [0.717, 1.165) is 42.9 Å². The second kappa shape index (κ2) is 5.35. The number of allylic oxidation sites excluding steroid dienone is 1. The molecule has 2 atom stereocenters. The molecule has 0 spiro atoms. The van der Waals surface area contributed by atoms with Crippen molar-refractivity contribution in [2.45, 2.75) is 38.5 Å². The molecule has 20 heavy (non-hydrogen) atoms. The van der Waals surface area contributed by atoms with Gasteiger partial charge in [0.15, 0.2) is 5.76 Å². The topological polar surface area (TPSA) is 51.3 Å². The first-order valence-electron chi connectivity index (χ1n) is 7.40. The average Bonchev–Trinajstić information content (AvgIpc) is 3.23. The number of rotatable bonds is 6. The summed E-state index contributed by atoms with van der Waals surface area (Å²) in [5.74, 6) is 2.57. The number of pyridine rings is 1. The number of nitrogens with one attached hydrogen (secondary N) is 1. The number of methoxy groups -OCH3 is 1. The van der Waals surface area contributed by atoms with Gasteiger partial charge in [-0.25, -0.2) is 0 Å². The van der Waals surface area contributed by atoms with Crippen LogP contribution < -0.4 is 5.56 Å². The van der Waals surface area contributed by atoms with Gasteiger partial charge in [0.2, 0.25) is 5.56 Å². The Morgan fingerprint density at radius 3 is 2.90 bits per heavy atom. The number of hydrogen-bond donors (Lipinski definition) is 1. The zero-order chi connectivity index (χ0) is 14.1. The highest BCUT2D eigenvalue weighted by atomic mass is 16.5. The van der Waals surface area contributed by atoms with Gasteiger partial charge in [0.1, 0.15) is 5.76 Å². The highest BCUT2D eigenvalue weighted by Gasteiger charge is 2.49. The summed E-state index contributed by atoms with van der Waals surface area (Å²) < 4.78 is 11.5. The first-order chi connectivity index (χ1) is 9.76. The van der Waals surface area contributed by atoms with E-state index < -0.39 is 0 Å². The molecule has 1 N–H and O–H groups in total. The Balaban J connectivity index is 1.91. The Hall–Kier alpha value is -1.71. The Bertz CT molecular complexity index is 588. The summed E-state index contributed by atoms with van der Waals surface area (Å²) in [7, 11) is 1.69. The zero-order valence-corrected chi connectivity index (χ0v) is 12.1. The summed E-state index contributed by atoms with van der Waals surface area (Å²) in [4.78, 5) is 14.5. The highest BCUT2D eigenvalue weighted by Crippen LogP contribution is 2.58. The van der Waals surface area contributed by atoms with Gasteiger partial charge in [-0.3, -0.25) is 4.79 Å². The van der Waals surface area contributed by atoms with E-state index in [-0.39, 0.29) is 5.56 Å². The van der Waals surface area contributed by atoms with Crippen molar-refractivity contribution in [3.05, 3.63) is 39.5 Å². The van der Waals surface area contributed by atoms with Crippen LogP contribution in [0.5, 0.6) is 0 Å². The fraction of sp³-hybridized carbons (Fsp3) is 0.562. The van der Waals surface area contributed by atoms with Crippen molar-refractivity contribution in [2.75, 3.05) is 13.7 Å². The van der Waals surface area contributed by atoms with Crippen molar-refractivity contribution < 1.29 is 9.47 Å². The fourth-order valence-corrected chi connectivity index (χ4v) is 3.02. The van der Waals surface area contributed by atoms with E-state index in [0.29, 0.717) is 18.4 Å². The van der Waals surface area contributed by atoms with Gasteiger partial charge in [-0.1, -0.05) is 25.8 Å². The highest BCUT2D eigenvalue weighted by molar-refractivity contribution is 5.68. The predicted molar refractivity (Wildman–Crippen MR) is 77.3 cm³/mol. The summed E-state index contributed by atoms with van der Waals surface area (Å²) in [6.07, 6.45) is 4.43. The van der Waals surface area contributed by atoms with Gasteiger partial charge in [-0.15, -0.1) is 0 Å². The third kappa shape index (κ3) is 2.23. The van der Waals surface area contributed by atoms with Crippen molar-refractivity contribution >= 4 is 5.76 Å². The maximum atomic E-state index is 11.6. The lowest BCUT2D eigenvalue weighted by molar-refractivity contribution is 0.215. The van der Waals surface area contributed by atoms with Gasteiger partial charge in [-0.05, 0) is 24.3 Å². The Morgan fingerprint density at radius 2 is 2.15 bits per heavy atom. The Labute approximate surface area is 118 Å². The van der Waals surface area contributed by atoms with E-state index in [1.54, 1.807) is 13.2 Å². The maximum absolute atomic E-state index is 11.6. The first kappa shape index (κ1) is 13.3. The summed E-state index contributed by atoms with van der Waals surface area (Å²) >= 11 is 0. The molecule has 2 unspecified atom stereocenters. The Kier molecular flexibility index (Phi) is 3.55. The quantitative estimate of drug-likeness (QED) is 0.812. The van der Waals surface area contributed by atoms with Crippen LogP contribution in [-0.2, 0) is 9.47 Å². The van der Waals surface area contributed by atoms with Gasteiger partial charge in [0.25, 0.3) is 0 Å². The number of ether oxygens (including phenoxy) is 2. The minimum absolute atomic E-state index is 0.0899. The van der Waals surface area contributed by atoms with E-state index in [4.69, 9.17) is 9.47 Å². The van der Waals surface area contributed by atoms with Gasteiger partial charge < -0.3 is 14.5 Å². The largest absolute Gasteiger partial charge is 0.497 e. The van der Waals surface area contributed by atoms with E-state index in [1.165, 1.54) is 5.56 Å². The molecule has 3 rings (SSSR count). The van der Waals surface area contributed by atoms with Gasteiger partial charge in [0.05, 0.1) is 19.4 Å². The standard InChI is InChI=1S/C16H21NO3/c1-3-4-5-8-20-16-14-10(6-7-13(18)17-14)11-9-12(11)15(16)19-2/h6-7,11-12H,3-5,8-9H2,1-2H3,(H,17,18). The molecule has 0 aromatic carbocycles. The zero-order valence-electron chi connectivity index (χ0n) is 12.1. The molecule has 0 amide bonds. The molecule has 1 aromatic rings. The third-order valence-electron chi connectivity index (χ3n) is 4.14. The van der Waals surface area contributed by atoms with E-state index in [9.17, 15) is 4.79 Å². The van der Waals surface area contributed by atoms with Crippen LogP contribution in [0.1, 0.15) is 49.8 Å². The number of unbranched alkanes of at least 4 members (excludes halogenated alkanes) is 2. The molecule has 2 aliphatic carbocycles. The molecular formula is C16H21NO3. The van der Waals surface area contributed by atoms with E-state index in [2.05, 4.69) is 11.9 Å². The van der Waals surface area contributed by atoms with Crippen molar-refractivity contribution in [3.63, 3.8) is 0 Å². The van der Waals surface area contributed by atoms with Crippen LogP contribution in [0.2, 0.25) is 0 Å². The number of aromatic nitrogens is 1. The smallest absolute Gasteiger partial charge is 0.248 e. The SMILES string of the molecule is CCCCCOC1=C(OC)C2CC2c2ccc(=O)[nH]c21. The molecule has 0 bridgehead atoms. The molecule has 4 nitrogen and oxygen atoms in total. The average molecular weight is 275 g/mol. The summed E-state index contributed by atoms with van der Waals surface area (Å²) in [5.41, 5.74) is 1.93. The number of H-pyrrole nitrogens is 1. The third-order valence-corrected chi connectivity index (χ3v) is 4.14. The second-order valence-corrected chi connectivity index (χ2v) is 5.55. The number of hydrogen-bond acceptors (Lipinski definition) is 3. The number of aromatic amines is 1. The lowest BCUT2D eigenvalue weighted by atomic mass is 9.99. The molecule has 2 aliphatic rings. The van der Waals surface area contributed by atoms with Crippen molar-refractivity contribution in [2.24, 2.45) is 5.92 Å². The first-order valence-corrected chi connectivity index (χ1v) is 7.40. The number of fused-ring (bicyclic) bond motifs is 3. The molecular weight excluding hydrogens is 254 g/mol. The van der Waals surface area contributed by atoms with Crippen LogP contribution in [0.25, 0.3) is 5.76 Å². The van der Waals surface area contributed by atoms with Crippen molar-refractivity contribution in [1.29, 1.82) is 0 Å². The van der Waals surface area contributed by atoms with Gasteiger partial charge >= 0.3 is 0 Å². The predicted octanol–water partition coefficient (Wildman–Crippen LogP) is 3.01. The van der Waals surface area contributed by atoms with Crippen LogP contribution in [0.4, 0.5) is 0 Å². The summed E-state index contributed by atoms with van der Waals surface area (Å²) in [6.45, 7) is 2.84. The fourth-order valence-electron chi connectivity index (χ4n) is 3.02. The monoisotopic (exact) mass is 275 g/mol.